The van der Waals surface area contributed by atoms with Crippen LogP contribution < -0.4 is 0 Å². The van der Waals surface area contributed by atoms with E-state index in [1.54, 1.807) is 0 Å². The first kappa shape index (κ1) is 28.0. The molecule has 0 aromatic heterocycles. The highest BCUT2D eigenvalue weighted by Crippen LogP contribution is 2.82. The molecule has 0 heterocycles. The number of hydrogen-bond acceptors (Lipinski definition) is 0. The SMILES string of the molecule is CC(C)C(C)(C(C)C)C(C)(C)C.CC(C)C1(C)C(C)(C)C(C)(C)C1(C)C(C)C. The summed E-state index contributed by atoms with van der Waals surface area (Å²) in [5.41, 5.74) is 2.51. The van der Waals surface area contributed by atoms with Crippen molar-refractivity contribution in [2.24, 2.45) is 56.2 Å². The average Bonchev–Trinajstić information content (AvgIpc) is 2.49. The van der Waals surface area contributed by atoms with Crippen molar-refractivity contribution in [2.75, 3.05) is 0 Å². The lowest BCUT2D eigenvalue weighted by atomic mass is 9.23. The van der Waals surface area contributed by atoms with Gasteiger partial charge in [-0.05, 0) is 56.2 Å². The first-order valence-corrected chi connectivity index (χ1v) is 12.0. The molecule has 1 rings (SSSR count). The molecule has 0 N–H and O–H groups in total. The Morgan fingerprint density at radius 1 is 0.464 bits per heavy atom. The molecule has 0 radical (unpaired) electrons. The van der Waals surface area contributed by atoms with E-state index in [4.69, 9.17) is 0 Å². The van der Waals surface area contributed by atoms with Crippen LogP contribution in [0, 0.1) is 56.2 Å². The maximum absolute atomic E-state index is 2.52. The molecule has 1 aliphatic carbocycles. The summed E-state index contributed by atoms with van der Waals surface area (Å²) in [6, 6.07) is 0. The minimum Gasteiger partial charge on any atom is -0.0622 e. The number of rotatable bonds is 4. The molecule has 28 heavy (non-hydrogen) atoms. The van der Waals surface area contributed by atoms with E-state index >= 15 is 0 Å². The molecule has 0 nitrogen and oxygen atoms in total. The van der Waals surface area contributed by atoms with Crippen LogP contribution >= 0.6 is 0 Å². The minimum absolute atomic E-state index is 0.398. The van der Waals surface area contributed by atoms with Crippen molar-refractivity contribution in [3.8, 4) is 0 Å². The summed E-state index contributed by atoms with van der Waals surface area (Å²) in [6.07, 6.45) is 0. The second-order valence-corrected chi connectivity index (χ2v) is 13.8. The predicted molar refractivity (Wildman–Crippen MR) is 131 cm³/mol. The molecule has 0 aromatic rings. The van der Waals surface area contributed by atoms with Crippen molar-refractivity contribution < 1.29 is 0 Å². The third-order valence-corrected chi connectivity index (χ3v) is 11.6. The second kappa shape index (κ2) is 7.92. The van der Waals surface area contributed by atoms with Gasteiger partial charge >= 0.3 is 0 Å². The molecule has 0 aliphatic heterocycles. The van der Waals surface area contributed by atoms with Gasteiger partial charge in [0, 0.05) is 0 Å². The summed E-state index contributed by atoms with van der Waals surface area (Å²) in [5.74, 6) is 2.97. The van der Waals surface area contributed by atoms with Gasteiger partial charge in [-0.15, -0.1) is 0 Å². The quantitative estimate of drug-likeness (QED) is 0.445. The van der Waals surface area contributed by atoms with E-state index in [2.05, 4.69) is 125 Å². The van der Waals surface area contributed by atoms with Gasteiger partial charge in [-0.2, -0.15) is 0 Å². The van der Waals surface area contributed by atoms with E-state index < -0.39 is 0 Å². The van der Waals surface area contributed by atoms with Gasteiger partial charge in [0.1, 0.15) is 0 Å². The molecular formula is C28H58. The maximum Gasteiger partial charge on any atom is -0.0185 e. The predicted octanol–water partition coefficient (Wildman–Crippen LogP) is 9.73. The van der Waals surface area contributed by atoms with Crippen LogP contribution in [-0.2, 0) is 0 Å². The Morgan fingerprint density at radius 2 is 0.679 bits per heavy atom. The molecule has 1 saturated carbocycles. The smallest absolute Gasteiger partial charge is 0.0185 e. The van der Waals surface area contributed by atoms with Crippen LogP contribution in [0.1, 0.15) is 125 Å². The van der Waals surface area contributed by atoms with Gasteiger partial charge in [-0.3, -0.25) is 0 Å². The Bertz CT molecular complexity index is 471. The summed E-state index contributed by atoms with van der Waals surface area (Å²) < 4.78 is 0. The highest BCUT2D eigenvalue weighted by Gasteiger charge is 2.76. The molecule has 0 amide bonds. The van der Waals surface area contributed by atoms with E-state index in [1.807, 2.05) is 0 Å². The van der Waals surface area contributed by atoms with Crippen LogP contribution in [0.15, 0.2) is 0 Å². The summed E-state index contributed by atoms with van der Waals surface area (Å²) in [4.78, 5) is 0. The Kier molecular flexibility index (Phi) is 7.92. The molecule has 0 bridgehead atoms. The first-order chi connectivity index (χ1) is 12.0. The van der Waals surface area contributed by atoms with Crippen LogP contribution in [-0.4, -0.2) is 0 Å². The van der Waals surface area contributed by atoms with Crippen molar-refractivity contribution in [2.45, 2.75) is 125 Å². The van der Waals surface area contributed by atoms with E-state index in [0.717, 1.165) is 23.7 Å². The molecule has 1 fully saturated rings. The fourth-order valence-electron chi connectivity index (χ4n) is 7.58. The lowest BCUT2D eigenvalue weighted by Gasteiger charge is -2.81. The zero-order chi connectivity index (χ0) is 23.3. The highest BCUT2D eigenvalue weighted by molar-refractivity contribution is 5.24. The van der Waals surface area contributed by atoms with Gasteiger partial charge in [0.2, 0.25) is 0 Å². The topological polar surface area (TPSA) is 0 Å². The van der Waals surface area contributed by atoms with Crippen LogP contribution in [0.4, 0.5) is 0 Å². The molecule has 1 aliphatic rings. The van der Waals surface area contributed by atoms with Crippen LogP contribution in [0.5, 0.6) is 0 Å². The van der Waals surface area contributed by atoms with Gasteiger partial charge in [0.05, 0.1) is 0 Å². The van der Waals surface area contributed by atoms with Crippen molar-refractivity contribution in [3.05, 3.63) is 0 Å². The Morgan fingerprint density at radius 3 is 0.750 bits per heavy atom. The summed E-state index contributed by atoms with van der Waals surface area (Å²) >= 11 is 0. The average molecular weight is 395 g/mol. The van der Waals surface area contributed by atoms with Gasteiger partial charge in [-0.1, -0.05) is 125 Å². The van der Waals surface area contributed by atoms with Gasteiger partial charge in [-0.25, -0.2) is 0 Å². The fraction of sp³-hybridized carbons (Fsp3) is 1.00. The fourth-order valence-corrected chi connectivity index (χ4v) is 7.58. The first-order valence-electron chi connectivity index (χ1n) is 12.0. The Balaban J connectivity index is 0.000000546. The zero-order valence-corrected chi connectivity index (χ0v) is 23.3. The Hall–Kier alpha value is 0. The summed E-state index contributed by atoms with van der Waals surface area (Å²) in [7, 11) is 0. The summed E-state index contributed by atoms with van der Waals surface area (Å²) in [5, 5.41) is 0. The monoisotopic (exact) mass is 394 g/mol. The number of hydrogen-bond donors (Lipinski definition) is 0. The van der Waals surface area contributed by atoms with Crippen molar-refractivity contribution in [1.29, 1.82) is 0 Å². The van der Waals surface area contributed by atoms with Crippen molar-refractivity contribution in [1.82, 2.24) is 0 Å². The molecule has 2 unspecified atom stereocenters. The third kappa shape index (κ3) is 3.41. The molecule has 0 aromatic carbocycles. The minimum atomic E-state index is 0.398. The standard InChI is InChI=1S/C16H32.C12H26/c1-11(2)15(9)13(5,6)14(7,8)16(15,10)12(3)4;1-9(2)12(8,10(3)4)11(5,6)7/h11-12H,1-10H3;9-10H,1-8H3. The molecular weight excluding hydrogens is 336 g/mol. The highest BCUT2D eigenvalue weighted by atomic mass is 14.8. The largest absolute Gasteiger partial charge is 0.0622 e. The van der Waals surface area contributed by atoms with Crippen LogP contribution in [0.2, 0.25) is 0 Å². The maximum atomic E-state index is 2.52. The molecule has 2 atom stereocenters. The van der Waals surface area contributed by atoms with Gasteiger partial charge in [0.25, 0.3) is 0 Å². The van der Waals surface area contributed by atoms with Gasteiger partial charge < -0.3 is 0 Å². The van der Waals surface area contributed by atoms with E-state index in [-0.39, 0.29) is 0 Å². The van der Waals surface area contributed by atoms with Crippen molar-refractivity contribution >= 4 is 0 Å². The van der Waals surface area contributed by atoms with E-state index in [0.29, 0.717) is 32.5 Å². The third-order valence-electron chi connectivity index (χ3n) is 11.6. The van der Waals surface area contributed by atoms with Crippen LogP contribution in [0.25, 0.3) is 0 Å². The molecule has 170 valence electrons. The lowest BCUT2D eigenvalue weighted by molar-refractivity contribution is -0.337. The molecule has 0 saturated heterocycles. The second-order valence-electron chi connectivity index (χ2n) is 13.8. The molecule has 0 spiro atoms. The van der Waals surface area contributed by atoms with E-state index in [9.17, 15) is 0 Å². The van der Waals surface area contributed by atoms with Crippen LogP contribution in [0.3, 0.4) is 0 Å². The van der Waals surface area contributed by atoms with E-state index in [1.165, 1.54) is 0 Å². The lowest BCUT2D eigenvalue weighted by Crippen LogP contribution is -2.76. The summed E-state index contributed by atoms with van der Waals surface area (Å²) in [6.45, 7) is 43.3. The van der Waals surface area contributed by atoms with Gasteiger partial charge in [0.15, 0.2) is 0 Å². The molecule has 0 heteroatoms. The van der Waals surface area contributed by atoms with Crippen molar-refractivity contribution in [3.63, 3.8) is 0 Å². The normalized spacial score (nSPS) is 29.8. The Labute approximate surface area is 181 Å². The zero-order valence-electron chi connectivity index (χ0n) is 23.3.